The predicted octanol–water partition coefficient (Wildman–Crippen LogP) is 6.17. The minimum absolute atomic E-state index is 0.00925. The largest absolute Gasteiger partial charge is 0.481 e. The van der Waals surface area contributed by atoms with Crippen LogP contribution in [0.15, 0.2) is 35.2 Å². The fourth-order valence-electron chi connectivity index (χ4n) is 5.16. The summed E-state index contributed by atoms with van der Waals surface area (Å²) in [6.45, 7) is 7.19. The molecule has 0 saturated carbocycles. The number of nitrogens with zero attached hydrogens (tertiary/aromatic N) is 1. The minimum atomic E-state index is -4.36. The maximum absolute atomic E-state index is 12.4. The van der Waals surface area contributed by atoms with E-state index >= 15 is 0 Å². The summed E-state index contributed by atoms with van der Waals surface area (Å²) < 4.78 is 34.8. The fourth-order valence-corrected chi connectivity index (χ4v) is 5.90. The second-order valence-corrected chi connectivity index (χ2v) is 11.2. The number of rotatable bonds is 12. The van der Waals surface area contributed by atoms with Crippen LogP contribution in [0.2, 0.25) is 0 Å². The zero-order valence-corrected chi connectivity index (χ0v) is 20.8. The topological polar surface area (TPSA) is 94.9 Å². The molecule has 2 aromatic rings. The first-order chi connectivity index (χ1) is 15.5. The Labute approximate surface area is 197 Å². The summed E-state index contributed by atoms with van der Waals surface area (Å²) in [5.41, 5.74) is 1.40. The van der Waals surface area contributed by atoms with E-state index in [2.05, 4.69) is 25.7 Å². The molecule has 7 heteroatoms. The third-order valence-corrected chi connectivity index (χ3v) is 8.11. The molecule has 0 amide bonds. The van der Waals surface area contributed by atoms with Crippen molar-refractivity contribution in [3.63, 3.8) is 0 Å². The number of fused-ring (bicyclic) bond motifs is 3. The number of hydrogen-bond acceptors (Lipinski definition) is 4. The van der Waals surface area contributed by atoms with Crippen LogP contribution in [0.1, 0.15) is 84.1 Å². The Morgan fingerprint density at radius 2 is 1.58 bits per heavy atom. The van der Waals surface area contributed by atoms with Crippen molar-refractivity contribution >= 4 is 32.5 Å². The van der Waals surface area contributed by atoms with E-state index in [-0.39, 0.29) is 22.8 Å². The summed E-state index contributed by atoms with van der Waals surface area (Å²) in [6.07, 6.45) is 8.42. The molecule has 1 atom stereocenters. The molecular formula is C26H37NO5S. The van der Waals surface area contributed by atoms with Crippen LogP contribution < -0.4 is 4.90 Å². The molecule has 33 heavy (non-hydrogen) atoms. The molecule has 0 aliphatic carbocycles. The van der Waals surface area contributed by atoms with Gasteiger partial charge in [0.25, 0.3) is 10.1 Å². The second kappa shape index (κ2) is 10.4. The summed E-state index contributed by atoms with van der Waals surface area (Å²) >= 11 is 0. The Hall–Kier alpha value is -2.12. The van der Waals surface area contributed by atoms with Gasteiger partial charge in [0, 0.05) is 24.4 Å². The number of unbranched alkanes of at least 4 members (excludes halogenated alkanes) is 7. The van der Waals surface area contributed by atoms with Gasteiger partial charge in [-0.15, -0.1) is 0 Å². The van der Waals surface area contributed by atoms with Crippen molar-refractivity contribution < 1.29 is 22.9 Å². The van der Waals surface area contributed by atoms with E-state index in [4.69, 9.17) is 5.11 Å². The lowest BCUT2D eigenvalue weighted by atomic mass is 9.79. The van der Waals surface area contributed by atoms with Crippen LogP contribution >= 0.6 is 0 Å². The molecule has 0 aromatic heterocycles. The molecule has 2 N–H and O–H groups in total. The van der Waals surface area contributed by atoms with Crippen LogP contribution in [0.25, 0.3) is 10.8 Å². The molecule has 1 unspecified atom stereocenters. The molecular weight excluding hydrogens is 438 g/mol. The highest BCUT2D eigenvalue weighted by Crippen LogP contribution is 2.51. The monoisotopic (exact) mass is 475 g/mol. The second-order valence-electron chi connectivity index (χ2n) is 9.86. The maximum atomic E-state index is 12.4. The Morgan fingerprint density at radius 3 is 2.18 bits per heavy atom. The van der Waals surface area contributed by atoms with Crippen molar-refractivity contribution in [2.75, 3.05) is 11.4 Å². The molecule has 3 rings (SSSR count). The Morgan fingerprint density at radius 1 is 1.00 bits per heavy atom. The smallest absolute Gasteiger partial charge is 0.303 e. The van der Waals surface area contributed by atoms with Gasteiger partial charge in [-0.05, 0) is 42.2 Å². The number of carboxylic acid groups (broad SMARTS) is 1. The van der Waals surface area contributed by atoms with Crippen LogP contribution in [-0.2, 0) is 20.3 Å². The SMILES string of the molecule is CC1N(CCCCCCCCCCC(=O)O)c2c(S(=O)(=O)O)cc3ccccc3c2C1(C)C. The van der Waals surface area contributed by atoms with E-state index in [9.17, 15) is 17.8 Å². The van der Waals surface area contributed by atoms with Crippen LogP contribution in [0.3, 0.4) is 0 Å². The standard InChI is InChI=1S/C26H37NO5S/c1-19-26(2,3)24-21-15-12-11-14-20(21)18-22(33(30,31)32)25(24)27(19)17-13-9-7-5-4-6-8-10-16-23(28)29/h11-12,14-15,18-19H,4-10,13,16-17H2,1-3H3,(H,28,29)(H,30,31,32). The fraction of sp³-hybridized carbons (Fsp3) is 0.577. The quantitative estimate of drug-likeness (QED) is 0.282. The van der Waals surface area contributed by atoms with Crippen molar-refractivity contribution in [3.8, 4) is 0 Å². The number of carboxylic acids is 1. The molecule has 1 aliphatic heterocycles. The Balaban J connectivity index is 1.68. The molecule has 0 radical (unpaired) electrons. The normalized spacial score (nSPS) is 17.5. The third-order valence-electron chi connectivity index (χ3n) is 7.25. The average molecular weight is 476 g/mol. The average Bonchev–Trinajstić information content (AvgIpc) is 2.94. The number of hydrogen-bond donors (Lipinski definition) is 2. The number of carbonyl (C=O) groups is 1. The van der Waals surface area contributed by atoms with Gasteiger partial charge in [0.2, 0.25) is 0 Å². The van der Waals surface area contributed by atoms with Gasteiger partial charge in [0.15, 0.2) is 0 Å². The molecule has 0 spiro atoms. The van der Waals surface area contributed by atoms with Gasteiger partial charge in [0.1, 0.15) is 4.90 Å². The van der Waals surface area contributed by atoms with Crippen molar-refractivity contribution in [1.82, 2.24) is 0 Å². The van der Waals surface area contributed by atoms with Gasteiger partial charge < -0.3 is 10.0 Å². The zero-order valence-electron chi connectivity index (χ0n) is 20.0. The lowest BCUT2D eigenvalue weighted by Crippen LogP contribution is -2.39. The van der Waals surface area contributed by atoms with Gasteiger partial charge in [-0.3, -0.25) is 9.35 Å². The van der Waals surface area contributed by atoms with Gasteiger partial charge in [0.05, 0.1) is 5.69 Å². The Kier molecular flexibility index (Phi) is 8.06. The first-order valence-electron chi connectivity index (χ1n) is 12.1. The van der Waals surface area contributed by atoms with E-state index in [0.717, 1.165) is 74.2 Å². The molecule has 0 saturated heterocycles. The van der Waals surface area contributed by atoms with Crippen LogP contribution in [0.4, 0.5) is 5.69 Å². The van der Waals surface area contributed by atoms with Crippen molar-refractivity contribution in [3.05, 3.63) is 35.9 Å². The molecule has 0 fully saturated rings. The summed E-state index contributed by atoms with van der Waals surface area (Å²) in [4.78, 5) is 12.7. The molecule has 2 aromatic carbocycles. The first-order valence-corrected chi connectivity index (χ1v) is 13.5. The highest BCUT2D eigenvalue weighted by atomic mass is 32.2. The van der Waals surface area contributed by atoms with E-state index < -0.39 is 16.1 Å². The Bertz CT molecular complexity index is 1090. The third kappa shape index (κ3) is 5.69. The lowest BCUT2D eigenvalue weighted by molar-refractivity contribution is -0.137. The van der Waals surface area contributed by atoms with Crippen molar-refractivity contribution in [2.45, 2.75) is 94.9 Å². The first kappa shape index (κ1) is 25.5. The van der Waals surface area contributed by atoms with Crippen molar-refractivity contribution in [2.24, 2.45) is 0 Å². The van der Waals surface area contributed by atoms with E-state index in [1.54, 1.807) is 6.07 Å². The van der Waals surface area contributed by atoms with E-state index in [0.29, 0.717) is 5.69 Å². The molecule has 1 heterocycles. The zero-order chi connectivity index (χ0) is 24.2. The number of aliphatic carboxylic acids is 1. The molecule has 0 bridgehead atoms. The van der Waals surface area contributed by atoms with Gasteiger partial charge in [-0.25, -0.2) is 0 Å². The van der Waals surface area contributed by atoms with E-state index in [1.807, 2.05) is 24.3 Å². The van der Waals surface area contributed by atoms with Crippen LogP contribution in [-0.4, -0.2) is 36.6 Å². The van der Waals surface area contributed by atoms with Gasteiger partial charge >= 0.3 is 5.97 Å². The van der Waals surface area contributed by atoms with Gasteiger partial charge in [-0.1, -0.05) is 76.6 Å². The molecule has 182 valence electrons. The van der Waals surface area contributed by atoms with Gasteiger partial charge in [-0.2, -0.15) is 8.42 Å². The summed E-state index contributed by atoms with van der Waals surface area (Å²) in [7, 11) is -4.36. The van der Waals surface area contributed by atoms with Crippen LogP contribution in [0, 0.1) is 0 Å². The van der Waals surface area contributed by atoms with Crippen molar-refractivity contribution in [1.29, 1.82) is 0 Å². The lowest BCUT2D eigenvalue weighted by Gasteiger charge is -2.32. The van der Waals surface area contributed by atoms with Crippen LogP contribution in [0.5, 0.6) is 0 Å². The highest BCUT2D eigenvalue weighted by Gasteiger charge is 2.45. The molecule has 1 aliphatic rings. The predicted molar refractivity (Wildman–Crippen MR) is 133 cm³/mol. The maximum Gasteiger partial charge on any atom is 0.303 e. The van der Waals surface area contributed by atoms with E-state index in [1.165, 1.54) is 0 Å². The highest BCUT2D eigenvalue weighted by molar-refractivity contribution is 7.86. The molecule has 6 nitrogen and oxygen atoms in total. The summed E-state index contributed by atoms with van der Waals surface area (Å²) in [5.74, 6) is -0.721. The number of benzene rings is 2. The number of anilines is 1. The summed E-state index contributed by atoms with van der Waals surface area (Å²) in [6, 6.07) is 9.51. The summed E-state index contributed by atoms with van der Waals surface area (Å²) in [5, 5.41) is 10.5. The minimum Gasteiger partial charge on any atom is -0.481 e.